The van der Waals surface area contributed by atoms with Gasteiger partial charge in [0, 0.05) is 25.5 Å². The minimum Gasteiger partial charge on any atom is -0.297 e. The zero-order valence-electron chi connectivity index (χ0n) is 10.5. The summed E-state index contributed by atoms with van der Waals surface area (Å²) in [5.74, 6) is 0.689. The third-order valence-corrected chi connectivity index (χ3v) is 2.98. The van der Waals surface area contributed by atoms with Crippen molar-refractivity contribution in [3.8, 4) is 0 Å². The summed E-state index contributed by atoms with van der Waals surface area (Å²) in [6.07, 6.45) is 1.00. The molecule has 0 saturated carbocycles. The van der Waals surface area contributed by atoms with E-state index in [1.54, 1.807) is 0 Å². The van der Waals surface area contributed by atoms with Crippen LogP contribution < -0.4 is 0 Å². The van der Waals surface area contributed by atoms with Crippen LogP contribution in [0.4, 0.5) is 0 Å². The van der Waals surface area contributed by atoms with Crippen LogP contribution in [0.5, 0.6) is 0 Å². The molecule has 0 atom stereocenters. The number of nitrogens with zero attached hydrogens (tertiary/aromatic N) is 3. The maximum Gasteiger partial charge on any atom is 0.0625 e. The number of alkyl halides is 1. The highest BCUT2D eigenvalue weighted by atomic mass is 35.5. The molecule has 0 aliphatic carbocycles. The number of aromatic nitrogens is 2. The highest BCUT2D eigenvalue weighted by molar-refractivity contribution is 6.18. The summed E-state index contributed by atoms with van der Waals surface area (Å²) in [6, 6.07) is 2.21. The third-order valence-electron chi connectivity index (χ3n) is 2.81. The third kappa shape index (κ3) is 3.49. The summed E-state index contributed by atoms with van der Waals surface area (Å²) in [4.78, 5) is 2.34. The molecule has 0 aromatic carbocycles. The van der Waals surface area contributed by atoms with Crippen LogP contribution in [0.25, 0.3) is 0 Å². The topological polar surface area (TPSA) is 21.1 Å². The average Bonchev–Trinajstić information content (AvgIpc) is 2.70. The van der Waals surface area contributed by atoms with Gasteiger partial charge in [0.1, 0.15) is 0 Å². The lowest BCUT2D eigenvalue weighted by Crippen LogP contribution is -2.26. The van der Waals surface area contributed by atoms with E-state index in [1.807, 2.05) is 0 Å². The van der Waals surface area contributed by atoms with Gasteiger partial charge in [-0.2, -0.15) is 5.10 Å². The van der Waals surface area contributed by atoms with Crippen molar-refractivity contribution in [2.45, 2.75) is 40.3 Å². The van der Waals surface area contributed by atoms with Gasteiger partial charge in [0.25, 0.3) is 0 Å². The number of rotatable bonds is 7. The molecule has 0 bridgehead atoms. The van der Waals surface area contributed by atoms with Crippen LogP contribution >= 0.6 is 11.6 Å². The Bertz CT molecular complexity index is 309. The summed E-state index contributed by atoms with van der Waals surface area (Å²) in [5, 5.41) is 4.55. The molecule has 1 aromatic rings. The van der Waals surface area contributed by atoms with Gasteiger partial charge in [-0.1, -0.05) is 13.8 Å². The molecule has 3 nitrogen and oxygen atoms in total. The van der Waals surface area contributed by atoms with Crippen molar-refractivity contribution in [2.75, 3.05) is 19.0 Å². The Balaban J connectivity index is 2.73. The summed E-state index contributed by atoms with van der Waals surface area (Å²) in [5.41, 5.74) is 2.48. The van der Waals surface area contributed by atoms with Crippen molar-refractivity contribution in [2.24, 2.45) is 0 Å². The Kier molecular flexibility index (Phi) is 5.85. The Morgan fingerprint density at radius 2 is 2.12 bits per heavy atom. The SMILES string of the molecule is CCc1cc(CN(CC)CCCl)n(CC)n1. The molecule has 0 spiro atoms. The van der Waals surface area contributed by atoms with Gasteiger partial charge in [0.05, 0.1) is 11.4 Å². The summed E-state index contributed by atoms with van der Waals surface area (Å²) in [7, 11) is 0. The molecule has 0 unspecified atom stereocenters. The molecule has 1 aromatic heterocycles. The Hall–Kier alpha value is -0.540. The molecule has 0 fully saturated rings. The van der Waals surface area contributed by atoms with Crippen LogP contribution in [0.15, 0.2) is 6.07 Å². The van der Waals surface area contributed by atoms with Crippen LogP contribution in [0.2, 0.25) is 0 Å². The van der Waals surface area contributed by atoms with Gasteiger partial charge < -0.3 is 0 Å². The normalized spacial score (nSPS) is 11.3. The molecular weight excluding hydrogens is 222 g/mol. The monoisotopic (exact) mass is 243 g/mol. The molecule has 0 aliphatic rings. The van der Waals surface area contributed by atoms with Gasteiger partial charge in [-0.3, -0.25) is 9.58 Å². The molecule has 1 heterocycles. The Morgan fingerprint density at radius 3 is 2.62 bits per heavy atom. The van der Waals surface area contributed by atoms with Crippen molar-refractivity contribution >= 4 is 11.6 Å². The Labute approximate surface area is 103 Å². The maximum absolute atomic E-state index is 5.78. The van der Waals surface area contributed by atoms with Crippen LogP contribution in [-0.2, 0) is 19.5 Å². The lowest BCUT2D eigenvalue weighted by atomic mass is 10.3. The molecular formula is C12H22ClN3. The standard InChI is InChI=1S/C12H22ClN3/c1-4-11-9-12(16(6-3)14-11)10-15(5-2)8-7-13/h9H,4-8,10H2,1-3H3. The van der Waals surface area contributed by atoms with Crippen molar-refractivity contribution in [3.05, 3.63) is 17.5 Å². The van der Waals surface area contributed by atoms with E-state index in [-0.39, 0.29) is 0 Å². The van der Waals surface area contributed by atoms with Gasteiger partial charge in [-0.25, -0.2) is 0 Å². The van der Waals surface area contributed by atoms with E-state index in [2.05, 4.69) is 41.5 Å². The van der Waals surface area contributed by atoms with E-state index in [0.29, 0.717) is 5.88 Å². The minimum atomic E-state index is 0.689. The van der Waals surface area contributed by atoms with Gasteiger partial charge >= 0.3 is 0 Å². The Morgan fingerprint density at radius 1 is 1.38 bits per heavy atom. The number of halogens is 1. The fourth-order valence-electron chi connectivity index (χ4n) is 1.79. The van der Waals surface area contributed by atoms with Crippen LogP contribution in [0.1, 0.15) is 32.2 Å². The van der Waals surface area contributed by atoms with E-state index in [0.717, 1.165) is 32.6 Å². The van der Waals surface area contributed by atoms with Crippen molar-refractivity contribution in [3.63, 3.8) is 0 Å². The summed E-state index contributed by atoms with van der Waals surface area (Å²) in [6.45, 7) is 10.3. The molecule has 0 aliphatic heterocycles. The van der Waals surface area contributed by atoms with Crippen molar-refractivity contribution < 1.29 is 0 Å². The van der Waals surface area contributed by atoms with Gasteiger partial charge in [0.15, 0.2) is 0 Å². The summed E-state index contributed by atoms with van der Waals surface area (Å²) >= 11 is 5.78. The fraction of sp³-hybridized carbons (Fsp3) is 0.750. The zero-order chi connectivity index (χ0) is 12.0. The van der Waals surface area contributed by atoms with Crippen LogP contribution in [0.3, 0.4) is 0 Å². The quantitative estimate of drug-likeness (QED) is 0.687. The first-order chi connectivity index (χ1) is 7.74. The van der Waals surface area contributed by atoms with Crippen molar-refractivity contribution in [1.29, 1.82) is 0 Å². The van der Waals surface area contributed by atoms with E-state index in [9.17, 15) is 0 Å². The summed E-state index contributed by atoms with van der Waals surface area (Å²) < 4.78 is 2.09. The first kappa shape index (κ1) is 13.5. The average molecular weight is 244 g/mol. The smallest absolute Gasteiger partial charge is 0.0625 e. The fourth-order valence-corrected chi connectivity index (χ4v) is 2.03. The molecule has 16 heavy (non-hydrogen) atoms. The second-order valence-corrected chi connectivity index (χ2v) is 4.23. The predicted octanol–water partition coefficient (Wildman–Crippen LogP) is 2.53. The minimum absolute atomic E-state index is 0.689. The van der Waals surface area contributed by atoms with E-state index in [1.165, 1.54) is 11.4 Å². The number of aryl methyl sites for hydroxylation is 2. The lowest BCUT2D eigenvalue weighted by Gasteiger charge is -2.19. The molecule has 0 amide bonds. The van der Waals surface area contributed by atoms with Gasteiger partial charge in [0.2, 0.25) is 0 Å². The molecule has 0 radical (unpaired) electrons. The highest BCUT2D eigenvalue weighted by Crippen LogP contribution is 2.09. The first-order valence-electron chi connectivity index (χ1n) is 6.09. The van der Waals surface area contributed by atoms with Gasteiger partial charge in [-0.15, -0.1) is 11.6 Å². The highest BCUT2D eigenvalue weighted by Gasteiger charge is 2.09. The molecule has 0 N–H and O–H groups in total. The van der Waals surface area contributed by atoms with Crippen LogP contribution in [0, 0.1) is 0 Å². The second kappa shape index (κ2) is 6.92. The number of hydrogen-bond donors (Lipinski definition) is 0. The first-order valence-corrected chi connectivity index (χ1v) is 6.62. The second-order valence-electron chi connectivity index (χ2n) is 3.85. The predicted molar refractivity (Wildman–Crippen MR) is 69.0 cm³/mol. The van der Waals surface area contributed by atoms with Crippen LogP contribution in [-0.4, -0.2) is 33.6 Å². The lowest BCUT2D eigenvalue weighted by molar-refractivity contribution is 0.287. The largest absolute Gasteiger partial charge is 0.297 e. The molecule has 4 heteroatoms. The van der Waals surface area contributed by atoms with Gasteiger partial charge in [-0.05, 0) is 26.0 Å². The van der Waals surface area contributed by atoms with E-state index < -0.39 is 0 Å². The molecule has 0 saturated heterocycles. The van der Waals surface area contributed by atoms with E-state index in [4.69, 9.17) is 11.6 Å². The van der Waals surface area contributed by atoms with E-state index >= 15 is 0 Å². The molecule has 1 rings (SSSR count). The maximum atomic E-state index is 5.78. The van der Waals surface area contributed by atoms with Crippen molar-refractivity contribution in [1.82, 2.24) is 14.7 Å². The molecule has 92 valence electrons. The number of hydrogen-bond acceptors (Lipinski definition) is 2. The zero-order valence-corrected chi connectivity index (χ0v) is 11.3.